The van der Waals surface area contributed by atoms with Crippen LogP contribution in [0.15, 0.2) is 4.99 Å². The highest BCUT2D eigenvalue weighted by Gasteiger charge is 2.38. The second-order valence-corrected chi connectivity index (χ2v) is 4.71. The zero-order valence-corrected chi connectivity index (χ0v) is 9.11. The summed E-state index contributed by atoms with van der Waals surface area (Å²) in [5.74, 6) is 0. The van der Waals surface area contributed by atoms with Crippen LogP contribution in [0.25, 0.3) is 0 Å². The Morgan fingerprint density at radius 3 is 2.69 bits per heavy atom. The number of rotatable bonds is 1. The Kier molecular flexibility index (Phi) is 3.21. The molecule has 1 N–H and O–H groups in total. The topological polar surface area (TPSA) is 48.2 Å². The third-order valence-corrected chi connectivity index (χ3v) is 3.19. The molecule has 0 aromatic rings. The molecule has 0 amide bonds. The number of hydrogen-bond donors (Lipinski definition) is 1. The van der Waals surface area contributed by atoms with Gasteiger partial charge in [-0.1, -0.05) is 25.6 Å². The summed E-state index contributed by atoms with van der Waals surface area (Å²) in [4.78, 5) is 4.49. The maximum Gasteiger partial charge on any atom is 0.183 e. The van der Waals surface area contributed by atoms with Gasteiger partial charge in [0, 0.05) is 0 Å². The van der Waals surface area contributed by atoms with E-state index in [9.17, 15) is 0 Å². The van der Waals surface area contributed by atoms with Crippen LogP contribution in [0.4, 0.5) is 0 Å². The minimum absolute atomic E-state index is 0.318. The fourth-order valence-electron chi connectivity index (χ4n) is 1.42. The molecule has 0 bridgehead atoms. The van der Waals surface area contributed by atoms with Crippen LogP contribution in [-0.4, -0.2) is 17.5 Å². The van der Waals surface area contributed by atoms with Crippen LogP contribution >= 0.6 is 11.8 Å². The molecule has 1 atom stereocenters. The van der Waals surface area contributed by atoms with E-state index in [-0.39, 0.29) is 0 Å². The van der Waals surface area contributed by atoms with Gasteiger partial charge in [-0.15, -0.1) is 0 Å². The van der Waals surface area contributed by atoms with E-state index in [1.165, 1.54) is 18.2 Å². The van der Waals surface area contributed by atoms with Crippen molar-refractivity contribution < 1.29 is 0 Å². The van der Waals surface area contributed by atoms with Gasteiger partial charge in [0.2, 0.25) is 0 Å². The van der Waals surface area contributed by atoms with Crippen LogP contribution < -0.4 is 5.32 Å². The summed E-state index contributed by atoms with van der Waals surface area (Å²) < 4.78 is 0. The van der Waals surface area contributed by atoms with Crippen molar-refractivity contribution in [2.45, 2.75) is 32.7 Å². The van der Waals surface area contributed by atoms with E-state index in [2.05, 4.69) is 24.2 Å². The molecule has 0 spiro atoms. The lowest BCUT2D eigenvalue weighted by Crippen LogP contribution is -2.39. The fourth-order valence-corrected chi connectivity index (χ4v) is 1.80. The monoisotopic (exact) mass is 197 g/mol. The second kappa shape index (κ2) is 4.01. The normalized spacial score (nSPS) is 26.0. The maximum atomic E-state index is 8.45. The smallest absolute Gasteiger partial charge is 0.183 e. The lowest BCUT2D eigenvalue weighted by atomic mass is 9.68. The molecule has 1 saturated carbocycles. The first-order valence-electron chi connectivity index (χ1n) is 4.37. The quantitative estimate of drug-likeness (QED) is 0.302. The van der Waals surface area contributed by atoms with Gasteiger partial charge in [0.1, 0.15) is 0 Å². The zero-order valence-electron chi connectivity index (χ0n) is 8.29. The largest absolute Gasteiger partial charge is 0.272 e. The predicted molar refractivity (Wildman–Crippen MR) is 56.5 cm³/mol. The summed E-state index contributed by atoms with van der Waals surface area (Å²) in [7, 11) is 0. The Morgan fingerprint density at radius 1 is 1.69 bits per heavy atom. The Balaban J connectivity index is 2.58. The first-order valence-corrected chi connectivity index (χ1v) is 5.59. The van der Waals surface area contributed by atoms with Gasteiger partial charge >= 0.3 is 0 Å². The molecule has 0 aliphatic heterocycles. The van der Waals surface area contributed by atoms with E-state index in [4.69, 9.17) is 5.26 Å². The molecule has 3 nitrogen and oxygen atoms in total. The van der Waals surface area contributed by atoms with Crippen molar-refractivity contribution in [1.82, 2.24) is 5.32 Å². The Hall–Kier alpha value is -0.690. The van der Waals surface area contributed by atoms with E-state index in [1.807, 2.05) is 12.4 Å². The summed E-state index contributed by atoms with van der Waals surface area (Å²) >= 11 is 1.49. The highest BCUT2D eigenvalue weighted by Crippen LogP contribution is 2.42. The molecule has 1 fully saturated rings. The SMILES string of the molecule is CSC(=NC1CCC1(C)C)NC#N. The predicted octanol–water partition coefficient (Wildman–Crippen LogP) is 1.96. The average Bonchev–Trinajstić information content (AvgIpc) is 2.10. The van der Waals surface area contributed by atoms with Crippen LogP contribution in [0.5, 0.6) is 0 Å². The van der Waals surface area contributed by atoms with Gasteiger partial charge in [0.25, 0.3) is 0 Å². The van der Waals surface area contributed by atoms with Crippen LogP contribution in [0, 0.1) is 16.9 Å². The van der Waals surface area contributed by atoms with Gasteiger partial charge in [-0.2, -0.15) is 5.26 Å². The van der Waals surface area contributed by atoms with Gasteiger partial charge in [0.15, 0.2) is 11.4 Å². The van der Waals surface area contributed by atoms with E-state index in [1.54, 1.807) is 0 Å². The molecule has 0 heterocycles. The van der Waals surface area contributed by atoms with Gasteiger partial charge < -0.3 is 0 Å². The lowest BCUT2D eigenvalue weighted by Gasteiger charge is -2.41. The summed E-state index contributed by atoms with van der Waals surface area (Å²) in [6, 6.07) is 0.385. The third-order valence-electron chi connectivity index (χ3n) is 2.59. The van der Waals surface area contributed by atoms with Crippen LogP contribution in [0.1, 0.15) is 26.7 Å². The molecule has 0 saturated heterocycles. The molecule has 1 aliphatic rings. The number of nitrogens with one attached hydrogen (secondary N) is 1. The molecule has 72 valence electrons. The molecule has 0 aromatic carbocycles. The molecular weight excluding hydrogens is 182 g/mol. The average molecular weight is 197 g/mol. The van der Waals surface area contributed by atoms with Crippen LogP contribution in [-0.2, 0) is 0 Å². The summed E-state index contributed by atoms with van der Waals surface area (Å²) in [5.41, 5.74) is 0.318. The van der Waals surface area contributed by atoms with Crippen LogP contribution in [0.3, 0.4) is 0 Å². The van der Waals surface area contributed by atoms with Gasteiger partial charge in [-0.05, 0) is 24.5 Å². The summed E-state index contributed by atoms with van der Waals surface area (Å²) in [6.07, 6.45) is 6.20. The van der Waals surface area contributed by atoms with E-state index in [0.717, 1.165) is 11.6 Å². The van der Waals surface area contributed by atoms with Crippen molar-refractivity contribution in [3.05, 3.63) is 0 Å². The van der Waals surface area contributed by atoms with Crippen molar-refractivity contribution >= 4 is 16.9 Å². The summed E-state index contributed by atoms with van der Waals surface area (Å²) in [6.45, 7) is 4.43. The fraction of sp³-hybridized carbons (Fsp3) is 0.778. The highest BCUT2D eigenvalue weighted by atomic mass is 32.2. The molecule has 0 aromatic heterocycles. The number of hydrogen-bond acceptors (Lipinski definition) is 3. The van der Waals surface area contributed by atoms with Crippen molar-refractivity contribution in [3.63, 3.8) is 0 Å². The first kappa shape index (κ1) is 10.4. The van der Waals surface area contributed by atoms with Crippen molar-refractivity contribution in [3.8, 4) is 6.19 Å². The Labute approximate surface area is 83.6 Å². The third kappa shape index (κ3) is 2.38. The van der Waals surface area contributed by atoms with Gasteiger partial charge in [-0.25, -0.2) is 0 Å². The number of amidine groups is 1. The molecule has 1 unspecified atom stereocenters. The lowest BCUT2D eigenvalue weighted by molar-refractivity contribution is 0.146. The number of aliphatic imine (C=N–C) groups is 1. The second-order valence-electron chi connectivity index (χ2n) is 3.92. The zero-order chi connectivity index (χ0) is 9.90. The van der Waals surface area contributed by atoms with Crippen LogP contribution in [0.2, 0.25) is 0 Å². The number of thioether (sulfide) groups is 1. The van der Waals surface area contributed by atoms with E-state index < -0.39 is 0 Å². The Morgan fingerprint density at radius 2 is 2.38 bits per heavy atom. The molecular formula is C9H15N3S. The number of nitriles is 1. The first-order chi connectivity index (χ1) is 6.10. The van der Waals surface area contributed by atoms with Gasteiger partial charge in [0.05, 0.1) is 6.04 Å². The minimum Gasteiger partial charge on any atom is -0.272 e. The molecule has 0 radical (unpaired) electrons. The highest BCUT2D eigenvalue weighted by molar-refractivity contribution is 8.13. The van der Waals surface area contributed by atoms with E-state index in [0.29, 0.717) is 11.5 Å². The van der Waals surface area contributed by atoms with Crippen molar-refractivity contribution in [1.29, 1.82) is 5.26 Å². The van der Waals surface area contributed by atoms with E-state index >= 15 is 0 Å². The maximum absolute atomic E-state index is 8.45. The van der Waals surface area contributed by atoms with Gasteiger partial charge in [-0.3, -0.25) is 10.3 Å². The van der Waals surface area contributed by atoms with Crippen molar-refractivity contribution in [2.24, 2.45) is 10.4 Å². The Bertz CT molecular complexity index is 252. The minimum atomic E-state index is 0.318. The summed E-state index contributed by atoms with van der Waals surface area (Å²) in [5, 5.41) is 11.8. The molecule has 1 aliphatic carbocycles. The molecule has 1 rings (SSSR count). The number of nitrogens with zero attached hydrogens (tertiary/aromatic N) is 2. The molecule has 4 heteroatoms. The standard InChI is InChI=1S/C9H15N3S/c1-9(2)5-4-7(9)12-8(13-3)11-6-10/h7H,4-5H2,1-3H3,(H,11,12). The molecule has 13 heavy (non-hydrogen) atoms. The van der Waals surface area contributed by atoms with Crippen molar-refractivity contribution in [2.75, 3.05) is 6.26 Å².